The maximum Gasteiger partial charge on any atom is 0.191 e. The summed E-state index contributed by atoms with van der Waals surface area (Å²) in [5.41, 5.74) is 0.836. The van der Waals surface area contributed by atoms with Crippen molar-refractivity contribution in [2.24, 2.45) is 4.99 Å². The Balaban J connectivity index is 0.00000625. The first-order valence-corrected chi connectivity index (χ1v) is 9.04. The van der Waals surface area contributed by atoms with Crippen molar-refractivity contribution in [3.63, 3.8) is 0 Å². The van der Waals surface area contributed by atoms with Gasteiger partial charge in [0.25, 0.3) is 0 Å². The van der Waals surface area contributed by atoms with Gasteiger partial charge in [0.2, 0.25) is 0 Å². The Bertz CT molecular complexity index is 507. The molecule has 3 N–H and O–H groups in total. The Hall–Kier alpha value is -1.06. The van der Waals surface area contributed by atoms with Crippen LogP contribution in [-0.4, -0.2) is 62.3 Å². The van der Waals surface area contributed by atoms with Crippen molar-refractivity contribution in [3.8, 4) is 5.75 Å². The van der Waals surface area contributed by atoms with E-state index in [1.807, 2.05) is 45.0 Å². The summed E-state index contributed by atoms with van der Waals surface area (Å²) in [5, 5.41) is 16.8. The number of aliphatic hydroxyl groups is 1. The average Bonchev–Trinajstić information content (AvgIpc) is 2.56. The summed E-state index contributed by atoms with van der Waals surface area (Å²) in [6.45, 7) is 8.99. The van der Waals surface area contributed by atoms with Gasteiger partial charge in [-0.25, -0.2) is 0 Å². The van der Waals surface area contributed by atoms with E-state index in [-0.39, 0.29) is 30.1 Å². The van der Waals surface area contributed by atoms with Crippen LogP contribution in [0.25, 0.3) is 0 Å². The minimum atomic E-state index is -0.634. The van der Waals surface area contributed by atoms with Crippen molar-refractivity contribution >= 4 is 29.9 Å². The Kier molecular flexibility index (Phi) is 13.5. The van der Waals surface area contributed by atoms with E-state index in [2.05, 4.69) is 34.6 Å². The normalized spacial score (nSPS) is 12.7. The second-order valence-corrected chi connectivity index (χ2v) is 6.55. The lowest BCUT2D eigenvalue weighted by atomic mass is 10.1. The zero-order chi connectivity index (χ0) is 18.7. The SMILES string of the molecule is CCNC(=NCC(O)c1ccc(OC(C)C)cc1)NCCCN(C)C.I. The molecule has 0 aromatic heterocycles. The van der Waals surface area contributed by atoms with Crippen LogP contribution in [0.3, 0.4) is 0 Å². The molecular formula is C19H35IN4O2. The van der Waals surface area contributed by atoms with Gasteiger partial charge in [0, 0.05) is 13.1 Å². The predicted molar refractivity (Wildman–Crippen MR) is 120 cm³/mol. The summed E-state index contributed by atoms with van der Waals surface area (Å²) in [6, 6.07) is 7.53. The van der Waals surface area contributed by atoms with E-state index in [1.54, 1.807) is 0 Å². The molecule has 0 saturated carbocycles. The maximum atomic E-state index is 10.3. The van der Waals surface area contributed by atoms with E-state index in [9.17, 15) is 5.11 Å². The zero-order valence-corrected chi connectivity index (χ0v) is 19.0. The summed E-state index contributed by atoms with van der Waals surface area (Å²) in [5.74, 6) is 1.55. The fourth-order valence-corrected chi connectivity index (χ4v) is 2.27. The topological polar surface area (TPSA) is 69.1 Å². The van der Waals surface area contributed by atoms with Crippen molar-refractivity contribution in [3.05, 3.63) is 29.8 Å². The molecular weight excluding hydrogens is 443 g/mol. The number of benzene rings is 1. The molecule has 150 valence electrons. The lowest BCUT2D eigenvalue weighted by Crippen LogP contribution is -2.38. The van der Waals surface area contributed by atoms with E-state index >= 15 is 0 Å². The molecule has 1 rings (SSSR count). The van der Waals surface area contributed by atoms with Crippen molar-refractivity contribution in [2.75, 3.05) is 40.3 Å². The van der Waals surface area contributed by atoms with Crippen molar-refractivity contribution in [1.29, 1.82) is 0 Å². The van der Waals surface area contributed by atoms with E-state index in [0.29, 0.717) is 6.54 Å². The van der Waals surface area contributed by atoms with Gasteiger partial charge in [-0.2, -0.15) is 0 Å². The highest BCUT2D eigenvalue weighted by molar-refractivity contribution is 14.0. The molecule has 1 aromatic rings. The van der Waals surface area contributed by atoms with E-state index in [0.717, 1.165) is 43.3 Å². The van der Waals surface area contributed by atoms with Crippen LogP contribution in [0.5, 0.6) is 5.75 Å². The number of aliphatic hydroxyl groups excluding tert-OH is 1. The van der Waals surface area contributed by atoms with Crippen molar-refractivity contribution < 1.29 is 9.84 Å². The van der Waals surface area contributed by atoms with Gasteiger partial charge in [0.15, 0.2) is 5.96 Å². The number of hydrogen-bond acceptors (Lipinski definition) is 4. The summed E-state index contributed by atoms with van der Waals surface area (Å²) in [4.78, 5) is 6.63. The molecule has 0 fully saturated rings. The van der Waals surface area contributed by atoms with Crippen LogP contribution >= 0.6 is 24.0 Å². The van der Waals surface area contributed by atoms with Crippen LogP contribution in [-0.2, 0) is 0 Å². The van der Waals surface area contributed by atoms with Gasteiger partial charge < -0.3 is 25.4 Å². The van der Waals surface area contributed by atoms with Gasteiger partial charge in [0.05, 0.1) is 18.8 Å². The maximum absolute atomic E-state index is 10.3. The van der Waals surface area contributed by atoms with E-state index < -0.39 is 6.10 Å². The molecule has 0 bridgehead atoms. The van der Waals surface area contributed by atoms with Crippen molar-refractivity contribution in [2.45, 2.75) is 39.4 Å². The Labute approximate surface area is 175 Å². The first-order chi connectivity index (χ1) is 11.9. The van der Waals surface area contributed by atoms with Crippen LogP contribution in [0.1, 0.15) is 38.9 Å². The highest BCUT2D eigenvalue weighted by atomic mass is 127. The van der Waals surface area contributed by atoms with Gasteiger partial charge in [0.1, 0.15) is 5.75 Å². The number of rotatable bonds is 10. The lowest BCUT2D eigenvalue weighted by molar-refractivity contribution is 0.186. The number of guanidine groups is 1. The third-order valence-electron chi connectivity index (χ3n) is 3.48. The van der Waals surface area contributed by atoms with Crippen LogP contribution in [0, 0.1) is 0 Å². The Morgan fingerprint density at radius 3 is 2.38 bits per heavy atom. The molecule has 1 atom stereocenters. The standard InChI is InChI=1S/C19H34N4O2.HI/c1-6-20-19(21-12-7-13-23(4)5)22-14-18(24)16-8-10-17(11-9-16)25-15(2)3;/h8-11,15,18,24H,6-7,12-14H2,1-5H3,(H2,20,21,22);1H. The van der Waals surface area contributed by atoms with Gasteiger partial charge in [-0.05, 0) is 65.5 Å². The molecule has 26 heavy (non-hydrogen) atoms. The molecule has 6 nitrogen and oxygen atoms in total. The van der Waals surface area contributed by atoms with Crippen LogP contribution in [0.15, 0.2) is 29.3 Å². The average molecular weight is 478 g/mol. The summed E-state index contributed by atoms with van der Waals surface area (Å²) < 4.78 is 5.62. The Morgan fingerprint density at radius 1 is 1.19 bits per heavy atom. The molecule has 0 saturated heterocycles. The first-order valence-electron chi connectivity index (χ1n) is 9.04. The van der Waals surface area contributed by atoms with E-state index in [4.69, 9.17) is 4.74 Å². The van der Waals surface area contributed by atoms with Crippen LogP contribution in [0.4, 0.5) is 0 Å². The third kappa shape index (κ3) is 10.8. The molecule has 7 heteroatoms. The minimum Gasteiger partial charge on any atom is -0.491 e. The minimum absolute atomic E-state index is 0. The highest BCUT2D eigenvalue weighted by Gasteiger charge is 2.08. The second-order valence-electron chi connectivity index (χ2n) is 6.55. The molecule has 0 aliphatic carbocycles. The largest absolute Gasteiger partial charge is 0.491 e. The monoisotopic (exact) mass is 478 g/mol. The number of nitrogens with zero attached hydrogens (tertiary/aromatic N) is 2. The van der Waals surface area contributed by atoms with Crippen LogP contribution in [0.2, 0.25) is 0 Å². The zero-order valence-electron chi connectivity index (χ0n) is 16.7. The number of aliphatic imine (C=N–C) groups is 1. The third-order valence-corrected chi connectivity index (χ3v) is 3.48. The number of nitrogens with one attached hydrogen (secondary N) is 2. The van der Waals surface area contributed by atoms with Gasteiger partial charge >= 0.3 is 0 Å². The number of ether oxygens (including phenoxy) is 1. The first kappa shape index (κ1) is 24.9. The number of hydrogen-bond donors (Lipinski definition) is 3. The summed E-state index contributed by atoms with van der Waals surface area (Å²) in [6.07, 6.45) is 0.545. The fourth-order valence-electron chi connectivity index (χ4n) is 2.27. The summed E-state index contributed by atoms with van der Waals surface area (Å²) in [7, 11) is 4.13. The molecule has 0 heterocycles. The molecule has 0 spiro atoms. The molecule has 0 amide bonds. The second kappa shape index (κ2) is 14.1. The fraction of sp³-hybridized carbons (Fsp3) is 0.632. The van der Waals surface area contributed by atoms with E-state index in [1.165, 1.54) is 0 Å². The Morgan fingerprint density at radius 2 is 1.85 bits per heavy atom. The highest BCUT2D eigenvalue weighted by Crippen LogP contribution is 2.19. The predicted octanol–water partition coefficient (Wildman–Crippen LogP) is 2.63. The van der Waals surface area contributed by atoms with Gasteiger partial charge in [-0.3, -0.25) is 4.99 Å². The smallest absolute Gasteiger partial charge is 0.191 e. The van der Waals surface area contributed by atoms with Gasteiger partial charge in [-0.15, -0.1) is 24.0 Å². The summed E-state index contributed by atoms with van der Waals surface area (Å²) >= 11 is 0. The molecule has 0 aliphatic heterocycles. The molecule has 1 unspecified atom stereocenters. The van der Waals surface area contributed by atoms with Gasteiger partial charge in [-0.1, -0.05) is 12.1 Å². The lowest BCUT2D eigenvalue weighted by Gasteiger charge is -2.15. The molecule has 0 radical (unpaired) electrons. The number of halogens is 1. The molecule has 0 aliphatic rings. The molecule has 1 aromatic carbocycles. The quantitative estimate of drug-likeness (QED) is 0.209. The van der Waals surface area contributed by atoms with Crippen molar-refractivity contribution in [1.82, 2.24) is 15.5 Å². The van der Waals surface area contributed by atoms with Crippen LogP contribution < -0.4 is 15.4 Å².